The molecule has 2 aliphatic heterocycles. The number of ketones is 3. The smallest absolute Gasteiger partial charge is 0.326 e. The molecule has 5 aromatic carbocycles. The lowest BCUT2D eigenvalue weighted by molar-refractivity contribution is -0.438. The monoisotopic (exact) mass is 1820 g/mol. The van der Waals surface area contributed by atoms with Crippen LogP contribution in [0.15, 0.2) is 180 Å². The number of hydrogen-bond acceptors (Lipinski definition) is 18. The molecule has 0 saturated heterocycles. The predicted octanol–water partition coefficient (Wildman–Crippen LogP) is 12.6. The number of nitrogens with zero attached hydrogens (tertiary/aromatic N) is 2. The van der Waals surface area contributed by atoms with Crippen LogP contribution in [0.25, 0.3) is 0 Å². The number of carboxylic acid groups (broad SMARTS) is 5. The Kier molecular flexibility index (Phi) is 39.5. The minimum absolute atomic E-state index is 0.0216. The Labute approximate surface area is 753 Å². The molecule has 8 rings (SSSR count). The Morgan fingerprint density at radius 1 is 0.481 bits per heavy atom. The van der Waals surface area contributed by atoms with Crippen molar-refractivity contribution < 1.29 is 118 Å². The first-order chi connectivity index (χ1) is 61.3. The number of anilines is 1. The molecule has 5 amide bonds. The number of ether oxygens (including phenoxy) is 1. The van der Waals surface area contributed by atoms with E-state index in [-0.39, 0.29) is 94.5 Å². The molecule has 2 heterocycles. The molecule has 1 aliphatic carbocycles. The third-order valence-electron chi connectivity index (χ3n) is 23.5. The van der Waals surface area contributed by atoms with Crippen molar-refractivity contribution in [1.29, 1.82) is 0 Å². The van der Waals surface area contributed by atoms with Crippen LogP contribution in [-0.4, -0.2) is 188 Å². The van der Waals surface area contributed by atoms with E-state index in [1.807, 2.05) is 48.6 Å². The molecule has 6 atom stereocenters. The fourth-order valence-corrected chi connectivity index (χ4v) is 17.7. The number of carboxylic acids is 5. The highest BCUT2D eigenvalue weighted by Gasteiger charge is 2.45. The molecule has 5 aromatic rings. The fourth-order valence-electron chi connectivity index (χ4n) is 16.6. The van der Waals surface area contributed by atoms with E-state index in [9.17, 15) is 104 Å². The largest absolute Gasteiger partial charge is 0.481 e. The number of hydrogen-bond donors (Lipinski definition) is 12. The molecular formula is C96H122N7O24S2+. The minimum atomic E-state index is -4.19. The summed E-state index contributed by atoms with van der Waals surface area (Å²) in [6.07, 6.45) is 11.0. The number of urea groups is 1. The molecule has 0 aromatic heterocycles. The van der Waals surface area contributed by atoms with Crippen molar-refractivity contribution in [3.8, 4) is 5.75 Å². The van der Waals surface area contributed by atoms with Gasteiger partial charge in [0.05, 0.1) is 29.0 Å². The van der Waals surface area contributed by atoms with Crippen LogP contribution >= 0.6 is 0 Å². The molecule has 0 unspecified atom stereocenters. The number of Topliss-reactive ketones (excluding diaryl/α,β-unsaturated/α-hetero) is 3. The van der Waals surface area contributed by atoms with Crippen molar-refractivity contribution in [2.45, 2.75) is 242 Å². The standard InChI is InChI=1S/C96H121N7O24S2/c1-95(2)73-34-17-19-36-79(73)102(55-21-23-57-128(121,122)123)83(95)50-42-67-31-25-32-68(43-51-84-96(3,4)74-35-18-20-37-80(74)103(84)56-22-24-58-129(124,125)126)89(67)127-72-46-40-66(41-47-72)61-78(93(118)119)100-90(114)69(44-52-87(110)111)62-81(105)75(49-53-88(112)113)99-91(115)70(59-64-27-11-9-12-28-64)63-82(106)77(60-65-29-13-10-14-30-65)98-85(107)38-16-8-6-5-7-15-33-71(104)45-48-76(92(116)117)101-94(120)97-54-26-39-86(108)109/h9-14,17-20,27-30,34-37,40-43,46-47,50-51,69-70,75-78H,5-8,15-16,21-26,31-33,38-39,44-45,48-49,52-63H2,1-4H3,(H11-,97,98,99,100,101,107,108,109,110,111,112,113,114,115,116,117,118,119,120,121,122,123,124,125,126)/p+1/t69-,70-,75+,76+,77+,78+/m1/s1. The average Bonchev–Trinajstić information content (AvgIpc) is 1.60. The van der Waals surface area contributed by atoms with Crippen LogP contribution < -0.4 is 36.2 Å². The van der Waals surface area contributed by atoms with Crippen molar-refractivity contribution in [3.05, 3.63) is 208 Å². The second-order valence-corrected chi connectivity index (χ2v) is 37.4. The molecule has 0 fully saturated rings. The van der Waals surface area contributed by atoms with Crippen molar-refractivity contribution in [2.75, 3.05) is 36.0 Å². The number of allylic oxidation sites excluding steroid dienone is 7. The highest BCUT2D eigenvalue weighted by atomic mass is 32.2. The third kappa shape index (κ3) is 33.3. The van der Waals surface area contributed by atoms with Gasteiger partial charge in [-0.25, -0.2) is 14.4 Å². The number of amides is 5. The molecule has 129 heavy (non-hydrogen) atoms. The lowest BCUT2D eigenvalue weighted by Gasteiger charge is -2.27. The van der Waals surface area contributed by atoms with Crippen molar-refractivity contribution >= 4 is 108 Å². The van der Waals surface area contributed by atoms with Gasteiger partial charge in [-0.05, 0) is 167 Å². The zero-order valence-corrected chi connectivity index (χ0v) is 75.2. The Morgan fingerprint density at radius 2 is 1.02 bits per heavy atom. The van der Waals surface area contributed by atoms with E-state index in [0.717, 1.165) is 51.5 Å². The van der Waals surface area contributed by atoms with E-state index in [1.165, 1.54) is 0 Å². The third-order valence-corrected chi connectivity index (χ3v) is 25.1. The van der Waals surface area contributed by atoms with Gasteiger partial charge in [0.25, 0.3) is 20.2 Å². The van der Waals surface area contributed by atoms with Crippen LogP contribution in [-0.2, 0) is 103 Å². The van der Waals surface area contributed by atoms with Crippen LogP contribution in [0.2, 0.25) is 0 Å². The second kappa shape index (κ2) is 49.7. The summed E-state index contributed by atoms with van der Waals surface area (Å²) in [5.41, 5.74) is 8.19. The van der Waals surface area contributed by atoms with Gasteiger partial charge in [-0.1, -0.05) is 155 Å². The zero-order valence-electron chi connectivity index (χ0n) is 73.6. The lowest BCUT2D eigenvalue weighted by Crippen LogP contribution is -2.49. The molecule has 31 nitrogen and oxygen atoms in total. The maximum Gasteiger partial charge on any atom is 0.326 e. The van der Waals surface area contributed by atoms with Gasteiger partial charge in [0, 0.05) is 124 Å². The van der Waals surface area contributed by atoms with E-state index < -0.39 is 171 Å². The van der Waals surface area contributed by atoms with Crippen molar-refractivity contribution in [2.24, 2.45) is 11.8 Å². The van der Waals surface area contributed by atoms with Crippen LogP contribution in [0.4, 0.5) is 16.2 Å². The van der Waals surface area contributed by atoms with Gasteiger partial charge in [0.15, 0.2) is 17.3 Å². The summed E-state index contributed by atoms with van der Waals surface area (Å²) in [6, 6.07) is 33.4. The maximum absolute atomic E-state index is 14.9. The van der Waals surface area contributed by atoms with E-state index in [0.29, 0.717) is 105 Å². The number of carbonyl (C=O) groups excluding carboxylic acids is 7. The molecule has 0 bridgehead atoms. The van der Waals surface area contributed by atoms with Gasteiger partial charge in [0.2, 0.25) is 23.4 Å². The van der Waals surface area contributed by atoms with E-state index in [2.05, 4.69) is 88.0 Å². The average molecular weight is 1820 g/mol. The quantitative estimate of drug-likeness (QED) is 0.00977. The van der Waals surface area contributed by atoms with Crippen LogP contribution in [0.1, 0.15) is 216 Å². The second-order valence-electron chi connectivity index (χ2n) is 34.2. The first-order valence-corrected chi connectivity index (χ1v) is 47.3. The Hall–Kier alpha value is -11.8. The highest BCUT2D eigenvalue weighted by Crippen LogP contribution is 2.48. The number of rotatable bonds is 57. The highest BCUT2D eigenvalue weighted by molar-refractivity contribution is 7.86. The Balaban J connectivity index is 0.965. The molecule has 3 aliphatic rings. The topological polar surface area (TPSA) is 490 Å². The Morgan fingerprint density at radius 3 is 1.65 bits per heavy atom. The summed E-state index contributed by atoms with van der Waals surface area (Å²) in [5.74, 6) is -13.2. The number of unbranched alkanes of at least 4 members (excludes halogenated alkanes) is 7. The summed E-state index contributed by atoms with van der Waals surface area (Å²) >= 11 is 0. The summed E-state index contributed by atoms with van der Waals surface area (Å²) in [4.78, 5) is 160. The molecule has 0 saturated carbocycles. The summed E-state index contributed by atoms with van der Waals surface area (Å²) in [7, 11) is -8.39. The van der Waals surface area contributed by atoms with Crippen LogP contribution in [0, 0.1) is 11.8 Å². The molecule has 12 N–H and O–H groups in total. The van der Waals surface area contributed by atoms with E-state index in [4.69, 9.17) is 9.84 Å². The Bertz CT molecular complexity index is 5200. The van der Waals surface area contributed by atoms with Crippen molar-refractivity contribution in [1.82, 2.24) is 26.6 Å². The fraction of sp³-hybridized carbons (Fsp3) is 0.469. The number of benzene rings is 5. The molecule has 0 spiro atoms. The number of nitrogens with one attached hydrogen (secondary N) is 5. The van der Waals surface area contributed by atoms with Gasteiger partial charge in [-0.3, -0.25) is 52.3 Å². The molecule has 696 valence electrons. The van der Waals surface area contributed by atoms with Crippen LogP contribution in [0.5, 0.6) is 5.75 Å². The number of para-hydroxylation sites is 2. The number of aliphatic carboxylic acids is 5. The maximum atomic E-state index is 14.9. The first-order valence-electron chi connectivity index (χ1n) is 44.1. The summed E-state index contributed by atoms with van der Waals surface area (Å²) in [6.45, 7) is 9.36. The zero-order chi connectivity index (χ0) is 94.0. The molecule has 33 heteroatoms. The van der Waals surface area contributed by atoms with Gasteiger partial charge in [-0.2, -0.15) is 21.4 Å². The van der Waals surface area contributed by atoms with Gasteiger partial charge in [-0.15, -0.1) is 0 Å². The number of carbonyl (C=O) groups is 12. The molecular weight excluding hydrogens is 1700 g/mol. The first kappa shape index (κ1) is 103. The minimum Gasteiger partial charge on any atom is -0.481 e. The van der Waals surface area contributed by atoms with Crippen LogP contribution in [0.3, 0.4) is 0 Å². The van der Waals surface area contributed by atoms with Gasteiger partial charge < -0.3 is 61.8 Å². The lowest BCUT2D eigenvalue weighted by atomic mass is 9.81. The van der Waals surface area contributed by atoms with Crippen molar-refractivity contribution in [3.63, 3.8) is 0 Å². The summed E-state index contributed by atoms with van der Waals surface area (Å²) < 4.78 is 75.4. The van der Waals surface area contributed by atoms with Gasteiger partial charge >= 0.3 is 35.9 Å². The van der Waals surface area contributed by atoms with E-state index in [1.54, 1.807) is 84.9 Å². The molecule has 0 radical (unpaired) electrons. The summed E-state index contributed by atoms with van der Waals surface area (Å²) in [5, 5.41) is 61.8. The predicted molar refractivity (Wildman–Crippen MR) is 484 cm³/mol. The van der Waals surface area contributed by atoms with E-state index >= 15 is 0 Å². The van der Waals surface area contributed by atoms with Gasteiger partial charge in [0.1, 0.15) is 35.9 Å². The normalized spacial score (nSPS) is 16.1. The SMILES string of the molecule is CC1(C)C(/C=C/C2=C(Oc3ccc(C[C@H](NC(=O)[C@H](CCC(=O)O)CC(=O)[C@H](CCC(=O)O)NC(=O)[C@@H](CC(=O)[C@H](Cc4ccccc4)NC(=O)CCCCCCCCC(=O)CC[C@H](NC(=O)NCCCC(=O)O)C(=O)O)Cc4ccccc4)C(=O)O)cc3)C(=C/C=C3/N(CCCCS(=O)(=O)O)c4ccccc4C3(C)C)/CCC2)=[N+](CCCCS(=O)(=O)O)c2ccccc21. The number of fused-ring (bicyclic) bond motifs is 2.